The first-order valence-electron chi connectivity index (χ1n) is 11.5. The number of non-ortho nitro benzene ring substituents is 1. The van der Waals surface area contributed by atoms with Gasteiger partial charge < -0.3 is 14.2 Å². The summed E-state index contributed by atoms with van der Waals surface area (Å²) >= 11 is 0. The molecule has 8 nitrogen and oxygen atoms in total. The maximum Gasteiger partial charge on any atom is 0.312 e. The van der Waals surface area contributed by atoms with Crippen molar-refractivity contribution in [2.75, 3.05) is 0 Å². The Morgan fingerprint density at radius 2 is 1.47 bits per heavy atom. The minimum atomic E-state index is -0.784. The van der Waals surface area contributed by atoms with Gasteiger partial charge in [0, 0.05) is 12.1 Å². The summed E-state index contributed by atoms with van der Waals surface area (Å²) in [6.07, 6.45) is 0.0453. The van der Waals surface area contributed by atoms with Gasteiger partial charge in [0.05, 0.1) is 17.3 Å². The van der Waals surface area contributed by atoms with E-state index in [1.807, 2.05) is 75.4 Å². The Labute approximate surface area is 210 Å². The molecule has 0 aliphatic carbocycles. The fraction of sp³-hybridized carbons (Fsp3) is 0.286. The molecule has 0 N–H and O–H groups in total. The third kappa shape index (κ3) is 8.54. The lowest BCUT2D eigenvalue weighted by Gasteiger charge is -2.21. The molecule has 0 heterocycles. The number of esters is 2. The van der Waals surface area contributed by atoms with Crippen LogP contribution in [0, 0.1) is 16.0 Å². The van der Waals surface area contributed by atoms with Crippen LogP contribution < -0.4 is 9.47 Å². The van der Waals surface area contributed by atoms with E-state index < -0.39 is 22.8 Å². The minimum absolute atomic E-state index is 0.0892. The quantitative estimate of drug-likeness (QED) is 0.156. The molecule has 188 valence electrons. The Kier molecular flexibility index (Phi) is 8.78. The smallest absolute Gasteiger partial charge is 0.312 e. The monoisotopic (exact) mass is 491 g/mol. The largest absolute Gasteiger partial charge is 0.488 e. The highest BCUT2D eigenvalue weighted by Gasteiger charge is 2.25. The third-order valence-electron chi connectivity index (χ3n) is 5.08. The van der Waals surface area contributed by atoms with Gasteiger partial charge in [-0.15, -0.1) is 0 Å². The van der Waals surface area contributed by atoms with Crippen LogP contribution in [0.5, 0.6) is 11.5 Å². The zero-order valence-electron chi connectivity index (χ0n) is 20.5. The first-order chi connectivity index (χ1) is 17.1. The van der Waals surface area contributed by atoms with E-state index in [0.29, 0.717) is 5.75 Å². The number of ether oxygens (including phenoxy) is 3. The first-order valence-corrected chi connectivity index (χ1v) is 11.5. The topological polar surface area (TPSA) is 105 Å². The molecule has 0 bridgehead atoms. The van der Waals surface area contributed by atoms with Crippen LogP contribution in [0.1, 0.15) is 38.3 Å². The van der Waals surface area contributed by atoms with E-state index in [1.165, 1.54) is 24.3 Å². The highest BCUT2D eigenvalue weighted by molar-refractivity contribution is 5.81. The molecular weight excluding hydrogens is 462 g/mol. The molecular formula is C28H29NO7. The Balaban J connectivity index is 1.69. The number of benzene rings is 3. The van der Waals surface area contributed by atoms with Crippen molar-refractivity contribution in [3.63, 3.8) is 0 Å². The summed E-state index contributed by atoms with van der Waals surface area (Å²) in [7, 11) is 0. The summed E-state index contributed by atoms with van der Waals surface area (Å²) in [5.74, 6) is -1.08. The maximum atomic E-state index is 13.0. The van der Waals surface area contributed by atoms with E-state index in [-0.39, 0.29) is 36.5 Å². The van der Waals surface area contributed by atoms with Crippen LogP contribution in [0.3, 0.4) is 0 Å². The summed E-state index contributed by atoms with van der Waals surface area (Å²) in [4.78, 5) is 35.9. The lowest BCUT2D eigenvalue weighted by atomic mass is 9.96. The lowest BCUT2D eigenvalue weighted by Crippen LogP contribution is -2.25. The molecule has 0 amide bonds. The summed E-state index contributed by atoms with van der Waals surface area (Å²) in [6, 6.07) is 21.8. The Hall–Kier alpha value is -4.20. The van der Waals surface area contributed by atoms with E-state index in [0.717, 1.165) is 11.1 Å². The average Bonchev–Trinajstić information content (AvgIpc) is 2.83. The van der Waals surface area contributed by atoms with Crippen molar-refractivity contribution in [1.29, 1.82) is 0 Å². The molecule has 0 fully saturated rings. The fourth-order valence-electron chi connectivity index (χ4n) is 3.43. The molecule has 0 saturated heterocycles. The third-order valence-corrected chi connectivity index (χ3v) is 5.08. The van der Waals surface area contributed by atoms with Crippen molar-refractivity contribution < 1.29 is 28.7 Å². The molecule has 8 heteroatoms. The van der Waals surface area contributed by atoms with Gasteiger partial charge in [0.2, 0.25) is 0 Å². The van der Waals surface area contributed by atoms with Crippen molar-refractivity contribution in [1.82, 2.24) is 0 Å². The highest BCUT2D eigenvalue weighted by atomic mass is 16.6. The maximum absolute atomic E-state index is 13.0. The number of nitro benzene ring substituents is 1. The zero-order chi connectivity index (χ0) is 26.1. The van der Waals surface area contributed by atoms with Gasteiger partial charge in [-0.2, -0.15) is 0 Å². The van der Waals surface area contributed by atoms with E-state index in [1.54, 1.807) is 0 Å². The molecule has 3 aromatic rings. The molecule has 3 aromatic carbocycles. The van der Waals surface area contributed by atoms with E-state index in [2.05, 4.69) is 0 Å². The predicted octanol–water partition coefficient (Wildman–Crippen LogP) is 5.67. The van der Waals surface area contributed by atoms with E-state index in [9.17, 15) is 19.7 Å². The average molecular weight is 492 g/mol. The molecule has 36 heavy (non-hydrogen) atoms. The van der Waals surface area contributed by atoms with Crippen molar-refractivity contribution in [2.45, 2.75) is 45.8 Å². The molecule has 0 unspecified atom stereocenters. The van der Waals surface area contributed by atoms with Gasteiger partial charge in [-0.25, -0.2) is 0 Å². The number of carbonyl (C=O) groups excluding carboxylic acids is 2. The molecule has 0 aliphatic rings. The SMILES string of the molecule is CC(C)(C)Oc1ccc(C[C@H](CC(=O)Oc2ccc([N+](=O)[O-])cc2)C(=O)OCc2ccccc2)cc1. The second-order valence-corrected chi connectivity index (χ2v) is 9.28. The second-order valence-electron chi connectivity index (χ2n) is 9.28. The highest BCUT2D eigenvalue weighted by Crippen LogP contribution is 2.23. The number of nitro groups is 1. The molecule has 0 saturated carbocycles. The minimum Gasteiger partial charge on any atom is -0.488 e. The molecule has 0 radical (unpaired) electrons. The van der Waals surface area contributed by atoms with Gasteiger partial charge in [-0.1, -0.05) is 42.5 Å². The fourth-order valence-corrected chi connectivity index (χ4v) is 3.43. The van der Waals surface area contributed by atoms with Crippen LogP contribution in [0.15, 0.2) is 78.9 Å². The van der Waals surface area contributed by atoms with Crippen molar-refractivity contribution in [3.8, 4) is 11.5 Å². The Morgan fingerprint density at radius 3 is 2.06 bits per heavy atom. The predicted molar refractivity (Wildman–Crippen MR) is 134 cm³/mol. The van der Waals surface area contributed by atoms with Gasteiger partial charge >= 0.3 is 11.9 Å². The standard InChI is InChI=1S/C28H29NO7/c1-28(2,3)36-25-13-9-20(10-14-25)17-22(27(31)34-19-21-7-5-4-6-8-21)18-26(30)35-24-15-11-23(12-16-24)29(32)33/h4-16,22H,17-19H2,1-3H3/t22-/m1/s1. The number of nitrogens with zero attached hydrogens (tertiary/aromatic N) is 1. The Bertz CT molecular complexity index is 1170. The van der Waals surface area contributed by atoms with E-state index >= 15 is 0 Å². The molecule has 0 aliphatic heterocycles. The van der Waals surface area contributed by atoms with Crippen molar-refractivity contribution >= 4 is 17.6 Å². The van der Waals surface area contributed by atoms with Crippen LogP contribution in [0.4, 0.5) is 5.69 Å². The normalized spacial score (nSPS) is 11.9. The summed E-state index contributed by atoms with van der Waals surface area (Å²) in [5, 5.41) is 10.8. The number of hydrogen-bond acceptors (Lipinski definition) is 7. The number of carbonyl (C=O) groups is 2. The Morgan fingerprint density at radius 1 is 0.861 bits per heavy atom. The van der Waals surface area contributed by atoms with Crippen LogP contribution in [-0.2, 0) is 27.4 Å². The van der Waals surface area contributed by atoms with E-state index in [4.69, 9.17) is 14.2 Å². The van der Waals surface area contributed by atoms with Gasteiger partial charge in [0.15, 0.2) is 0 Å². The summed E-state index contributed by atoms with van der Waals surface area (Å²) in [5.41, 5.74) is 1.21. The van der Waals surface area contributed by atoms with Gasteiger partial charge in [0.25, 0.3) is 5.69 Å². The van der Waals surface area contributed by atoms with Crippen molar-refractivity contribution in [3.05, 3.63) is 100 Å². The molecule has 3 rings (SSSR count). The van der Waals surface area contributed by atoms with Gasteiger partial charge in [0.1, 0.15) is 23.7 Å². The van der Waals surface area contributed by atoms with Crippen LogP contribution in [0.2, 0.25) is 0 Å². The zero-order valence-corrected chi connectivity index (χ0v) is 20.5. The molecule has 1 atom stereocenters. The summed E-state index contributed by atoms with van der Waals surface area (Å²) in [6.45, 7) is 5.95. The first kappa shape index (κ1) is 26.4. The van der Waals surface area contributed by atoms with Crippen LogP contribution in [0.25, 0.3) is 0 Å². The summed E-state index contributed by atoms with van der Waals surface area (Å²) < 4.78 is 16.7. The number of hydrogen-bond donors (Lipinski definition) is 0. The lowest BCUT2D eigenvalue weighted by molar-refractivity contribution is -0.384. The van der Waals surface area contributed by atoms with Crippen LogP contribution >= 0.6 is 0 Å². The van der Waals surface area contributed by atoms with Crippen LogP contribution in [-0.4, -0.2) is 22.5 Å². The number of rotatable bonds is 10. The molecule has 0 aromatic heterocycles. The second kappa shape index (κ2) is 12.0. The van der Waals surface area contributed by atoms with Gasteiger partial charge in [-0.05, 0) is 62.6 Å². The van der Waals surface area contributed by atoms with Crippen molar-refractivity contribution in [2.24, 2.45) is 5.92 Å². The molecule has 0 spiro atoms. The van der Waals surface area contributed by atoms with Gasteiger partial charge in [-0.3, -0.25) is 19.7 Å².